The maximum Gasteiger partial charge on any atom is 0.262 e. The van der Waals surface area contributed by atoms with Gasteiger partial charge in [0.25, 0.3) is 5.56 Å². The molecule has 2 N–H and O–H groups in total. The van der Waals surface area contributed by atoms with Crippen LogP contribution in [-0.2, 0) is 7.05 Å². The van der Waals surface area contributed by atoms with Gasteiger partial charge in [0.1, 0.15) is 11.6 Å². The van der Waals surface area contributed by atoms with Crippen molar-refractivity contribution >= 4 is 27.5 Å². The molecular weight excluding hydrogens is 302 g/mol. The monoisotopic (exact) mass is 325 g/mol. The van der Waals surface area contributed by atoms with E-state index in [9.17, 15) is 4.79 Å². The lowest BCUT2D eigenvalue weighted by Crippen LogP contribution is -2.19. The number of hydrogen-bond donors (Lipinski definition) is 1. The molecule has 0 saturated heterocycles. The van der Waals surface area contributed by atoms with Crippen LogP contribution in [0, 0.1) is 5.92 Å². The fourth-order valence-electron chi connectivity index (χ4n) is 2.99. The number of nitrogens with two attached hydrogens (primary N) is 1. The second kappa shape index (κ2) is 6.51. The lowest BCUT2D eigenvalue weighted by molar-refractivity contribution is 0.298. The van der Waals surface area contributed by atoms with E-state index in [0.29, 0.717) is 17.9 Å². The van der Waals surface area contributed by atoms with Gasteiger partial charge in [0.05, 0.1) is 17.5 Å². The first-order valence-corrected chi connectivity index (χ1v) is 8.28. The highest BCUT2D eigenvalue weighted by Crippen LogP contribution is 2.27. The zero-order valence-corrected chi connectivity index (χ0v) is 14.4. The summed E-state index contributed by atoms with van der Waals surface area (Å²) in [7, 11) is 1.75. The average Bonchev–Trinajstić information content (AvgIpc) is 2.56. The molecule has 5 nitrogen and oxygen atoms in total. The molecule has 5 heteroatoms. The smallest absolute Gasteiger partial charge is 0.262 e. The van der Waals surface area contributed by atoms with Crippen LogP contribution in [-0.4, -0.2) is 16.2 Å². The van der Waals surface area contributed by atoms with E-state index in [1.54, 1.807) is 17.8 Å². The average molecular weight is 325 g/mol. The minimum absolute atomic E-state index is 0.139. The molecule has 0 unspecified atom stereocenters. The summed E-state index contributed by atoms with van der Waals surface area (Å²) in [5.74, 6) is 1.73. The molecular formula is C19H23N3O2. The molecule has 0 fully saturated rings. The highest BCUT2D eigenvalue weighted by molar-refractivity contribution is 6.08. The number of hydrogen-bond acceptors (Lipinski definition) is 4. The Bertz CT molecular complexity index is 945. The third-order valence-electron chi connectivity index (χ3n) is 4.31. The van der Waals surface area contributed by atoms with Crippen molar-refractivity contribution in [2.24, 2.45) is 13.0 Å². The highest BCUT2D eigenvalue weighted by atomic mass is 16.5. The minimum atomic E-state index is -0.139. The molecule has 0 saturated carbocycles. The predicted molar refractivity (Wildman–Crippen MR) is 98.5 cm³/mol. The molecule has 0 bridgehead atoms. The van der Waals surface area contributed by atoms with Crippen molar-refractivity contribution in [3.63, 3.8) is 0 Å². The van der Waals surface area contributed by atoms with E-state index in [0.717, 1.165) is 34.9 Å². The van der Waals surface area contributed by atoms with E-state index >= 15 is 0 Å². The Balaban J connectivity index is 2.03. The van der Waals surface area contributed by atoms with Crippen molar-refractivity contribution in [3.8, 4) is 5.75 Å². The number of fused-ring (bicyclic) bond motifs is 3. The lowest BCUT2D eigenvalue weighted by Gasteiger charge is -2.12. The van der Waals surface area contributed by atoms with Gasteiger partial charge in [-0.15, -0.1) is 0 Å². The summed E-state index contributed by atoms with van der Waals surface area (Å²) < 4.78 is 7.45. The second-order valence-corrected chi connectivity index (χ2v) is 6.55. The number of aromatic nitrogens is 2. The third-order valence-corrected chi connectivity index (χ3v) is 4.31. The van der Waals surface area contributed by atoms with Gasteiger partial charge in [0.15, 0.2) is 0 Å². The van der Waals surface area contributed by atoms with Crippen molar-refractivity contribution in [3.05, 3.63) is 40.8 Å². The van der Waals surface area contributed by atoms with E-state index in [1.807, 2.05) is 24.3 Å². The van der Waals surface area contributed by atoms with Crippen LogP contribution in [0.15, 0.2) is 35.3 Å². The van der Waals surface area contributed by atoms with Crippen molar-refractivity contribution < 1.29 is 4.74 Å². The van der Waals surface area contributed by atoms with Gasteiger partial charge >= 0.3 is 0 Å². The number of ether oxygens (including phenoxy) is 1. The summed E-state index contributed by atoms with van der Waals surface area (Å²) >= 11 is 0. The first kappa shape index (κ1) is 16.3. The Morgan fingerprint density at radius 1 is 1.25 bits per heavy atom. The lowest BCUT2D eigenvalue weighted by atomic mass is 10.1. The summed E-state index contributed by atoms with van der Waals surface area (Å²) in [6.07, 6.45) is 3.80. The Hall–Kier alpha value is -2.56. The van der Waals surface area contributed by atoms with Crippen LogP contribution in [0.1, 0.15) is 26.7 Å². The van der Waals surface area contributed by atoms with Crippen molar-refractivity contribution in [1.29, 1.82) is 0 Å². The Labute approximate surface area is 141 Å². The number of nitrogens with zero attached hydrogens (tertiary/aromatic N) is 2. The molecule has 3 rings (SSSR count). The molecule has 0 aliphatic carbocycles. The normalized spacial score (nSPS) is 11.5. The molecule has 2 aromatic heterocycles. The summed E-state index contributed by atoms with van der Waals surface area (Å²) in [5, 5.41) is 2.26. The summed E-state index contributed by atoms with van der Waals surface area (Å²) in [6.45, 7) is 5.09. The van der Waals surface area contributed by atoms with Gasteiger partial charge in [-0.05, 0) is 37.0 Å². The first-order chi connectivity index (χ1) is 11.5. The van der Waals surface area contributed by atoms with Crippen LogP contribution < -0.4 is 16.0 Å². The van der Waals surface area contributed by atoms with Crippen LogP contribution in [0.5, 0.6) is 5.75 Å². The van der Waals surface area contributed by atoms with Gasteiger partial charge in [-0.2, -0.15) is 0 Å². The van der Waals surface area contributed by atoms with Crippen LogP contribution in [0.2, 0.25) is 0 Å². The molecule has 0 amide bonds. The molecule has 2 heterocycles. The fraction of sp³-hybridized carbons (Fsp3) is 0.368. The molecule has 3 aromatic rings. The predicted octanol–water partition coefficient (Wildman–Crippen LogP) is 3.48. The second-order valence-electron chi connectivity index (χ2n) is 6.55. The van der Waals surface area contributed by atoms with Gasteiger partial charge in [-0.1, -0.05) is 13.8 Å². The van der Waals surface area contributed by atoms with Gasteiger partial charge in [-0.3, -0.25) is 4.79 Å². The standard InChI is InChI=1S/C19H23N3O2/c1-12(2)5-4-10-24-13-6-7-14-15-8-9-21-18(20)17(15)19(23)22(3)16(14)11-13/h6-9,11-12H,4-5,10H2,1-3H3,(H2,20,21). The molecule has 1 aromatic carbocycles. The SMILES string of the molecule is CC(C)CCCOc1ccc2c3ccnc(N)c3c(=O)n(C)c2c1. The van der Waals surface area contributed by atoms with Crippen LogP contribution >= 0.6 is 0 Å². The van der Waals surface area contributed by atoms with Crippen molar-refractivity contribution in [1.82, 2.24) is 9.55 Å². The van der Waals surface area contributed by atoms with E-state index in [-0.39, 0.29) is 11.4 Å². The third kappa shape index (κ3) is 2.94. The first-order valence-electron chi connectivity index (χ1n) is 8.28. The van der Waals surface area contributed by atoms with Crippen LogP contribution in [0.4, 0.5) is 5.82 Å². The van der Waals surface area contributed by atoms with Gasteiger partial charge in [0, 0.05) is 30.1 Å². The van der Waals surface area contributed by atoms with Gasteiger partial charge in [-0.25, -0.2) is 4.98 Å². The Morgan fingerprint density at radius 3 is 2.79 bits per heavy atom. The van der Waals surface area contributed by atoms with Gasteiger partial charge < -0.3 is 15.0 Å². The molecule has 0 aliphatic heterocycles. The molecule has 24 heavy (non-hydrogen) atoms. The molecule has 0 atom stereocenters. The maximum atomic E-state index is 12.6. The maximum absolute atomic E-state index is 12.6. The van der Waals surface area contributed by atoms with Crippen LogP contribution in [0.25, 0.3) is 21.7 Å². The fourth-order valence-corrected chi connectivity index (χ4v) is 2.99. The summed E-state index contributed by atoms with van der Waals surface area (Å²) in [4.78, 5) is 16.6. The van der Waals surface area contributed by atoms with E-state index in [1.165, 1.54) is 0 Å². The largest absolute Gasteiger partial charge is 0.494 e. The van der Waals surface area contributed by atoms with E-state index in [4.69, 9.17) is 10.5 Å². The van der Waals surface area contributed by atoms with E-state index in [2.05, 4.69) is 18.8 Å². The Morgan fingerprint density at radius 2 is 2.04 bits per heavy atom. The number of benzene rings is 1. The number of rotatable bonds is 5. The van der Waals surface area contributed by atoms with Crippen molar-refractivity contribution in [2.75, 3.05) is 12.3 Å². The summed E-state index contributed by atoms with van der Waals surface area (Å²) in [5.41, 5.74) is 6.60. The number of pyridine rings is 2. The van der Waals surface area contributed by atoms with Crippen LogP contribution in [0.3, 0.4) is 0 Å². The molecule has 0 spiro atoms. The quantitative estimate of drug-likeness (QED) is 0.576. The number of nitrogen functional groups attached to an aromatic ring is 1. The number of aryl methyl sites for hydroxylation is 1. The van der Waals surface area contributed by atoms with Gasteiger partial charge in [0.2, 0.25) is 0 Å². The zero-order valence-electron chi connectivity index (χ0n) is 14.4. The minimum Gasteiger partial charge on any atom is -0.494 e. The summed E-state index contributed by atoms with van der Waals surface area (Å²) in [6, 6.07) is 7.67. The van der Waals surface area contributed by atoms with E-state index < -0.39 is 0 Å². The molecule has 0 aliphatic rings. The van der Waals surface area contributed by atoms with Crippen molar-refractivity contribution in [2.45, 2.75) is 26.7 Å². The molecule has 0 radical (unpaired) electrons. The highest BCUT2D eigenvalue weighted by Gasteiger charge is 2.12. The number of anilines is 1. The Kier molecular flexibility index (Phi) is 4.42. The molecule has 126 valence electrons. The topological polar surface area (TPSA) is 70.1 Å². The zero-order chi connectivity index (χ0) is 17.3.